The molecule has 0 radical (unpaired) electrons. The maximum Gasteiger partial charge on any atom is 0.0745 e. The first-order chi connectivity index (χ1) is 7.00. The molecule has 0 aromatic heterocycles. The minimum Gasteiger partial charge on any atom is -0.391 e. The topological polar surface area (TPSA) is 29.5 Å². The van der Waals surface area contributed by atoms with E-state index < -0.39 is 0 Å². The summed E-state index contributed by atoms with van der Waals surface area (Å²) < 4.78 is 5.84. The largest absolute Gasteiger partial charge is 0.391 e. The third-order valence-electron chi connectivity index (χ3n) is 3.51. The van der Waals surface area contributed by atoms with Crippen molar-refractivity contribution < 1.29 is 9.84 Å². The van der Waals surface area contributed by atoms with E-state index in [1.54, 1.807) is 6.92 Å². The zero-order chi connectivity index (χ0) is 11.4. The number of aliphatic hydroxyl groups excluding tert-OH is 1. The fourth-order valence-corrected chi connectivity index (χ4v) is 2.57. The minimum atomic E-state index is -0.338. The second kappa shape index (κ2) is 5.86. The average molecular weight is 214 g/mol. The van der Waals surface area contributed by atoms with E-state index in [4.69, 9.17) is 4.74 Å². The monoisotopic (exact) mass is 214 g/mol. The Morgan fingerprint density at radius 1 is 1.27 bits per heavy atom. The second-order valence-electron chi connectivity index (χ2n) is 5.55. The van der Waals surface area contributed by atoms with Gasteiger partial charge in [-0.15, -0.1) is 0 Å². The van der Waals surface area contributed by atoms with Crippen LogP contribution in [0.25, 0.3) is 0 Å². The van der Waals surface area contributed by atoms with Gasteiger partial charge in [-0.05, 0) is 37.5 Å². The molecule has 1 N–H and O–H groups in total. The number of hydrogen-bond donors (Lipinski definition) is 1. The van der Waals surface area contributed by atoms with Crippen molar-refractivity contribution >= 4 is 0 Å². The van der Waals surface area contributed by atoms with Crippen molar-refractivity contribution in [3.8, 4) is 0 Å². The Balaban J connectivity index is 2.46. The highest BCUT2D eigenvalue weighted by Crippen LogP contribution is 2.35. The molecule has 0 saturated heterocycles. The van der Waals surface area contributed by atoms with Gasteiger partial charge >= 0.3 is 0 Å². The number of ether oxygens (including phenoxy) is 1. The van der Waals surface area contributed by atoms with Crippen LogP contribution < -0.4 is 0 Å². The summed E-state index contributed by atoms with van der Waals surface area (Å²) in [5, 5.41) is 9.25. The molecular weight excluding hydrogens is 188 g/mol. The van der Waals surface area contributed by atoms with Crippen molar-refractivity contribution in [1.82, 2.24) is 0 Å². The molecule has 2 unspecified atom stereocenters. The Kier molecular flexibility index (Phi) is 5.07. The van der Waals surface area contributed by atoms with E-state index in [1.807, 2.05) is 0 Å². The van der Waals surface area contributed by atoms with E-state index in [-0.39, 0.29) is 6.10 Å². The Morgan fingerprint density at radius 3 is 2.47 bits per heavy atom. The van der Waals surface area contributed by atoms with Crippen LogP contribution in [0.3, 0.4) is 0 Å². The van der Waals surface area contributed by atoms with Crippen LogP contribution in [-0.2, 0) is 4.74 Å². The molecule has 1 aliphatic carbocycles. The number of aliphatic hydroxyl groups is 1. The Morgan fingerprint density at radius 2 is 1.93 bits per heavy atom. The minimum absolute atomic E-state index is 0.338. The lowest BCUT2D eigenvalue weighted by Gasteiger charge is -2.37. The molecule has 90 valence electrons. The molecule has 0 aromatic carbocycles. The summed E-state index contributed by atoms with van der Waals surface area (Å²) >= 11 is 0. The lowest BCUT2D eigenvalue weighted by molar-refractivity contribution is -0.0653. The van der Waals surface area contributed by atoms with Crippen molar-refractivity contribution in [1.29, 1.82) is 0 Å². The second-order valence-corrected chi connectivity index (χ2v) is 5.55. The van der Waals surface area contributed by atoms with Crippen molar-refractivity contribution in [2.45, 2.75) is 59.2 Å². The van der Waals surface area contributed by atoms with E-state index in [0.29, 0.717) is 24.5 Å². The highest BCUT2D eigenvalue weighted by molar-refractivity contribution is 4.81. The summed E-state index contributed by atoms with van der Waals surface area (Å²) in [6.07, 6.45) is 3.80. The third kappa shape index (κ3) is 4.12. The first-order valence-corrected chi connectivity index (χ1v) is 6.30. The fraction of sp³-hybridized carbons (Fsp3) is 1.00. The molecule has 0 spiro atoms. The summed E-state index contributed by atoms with van der Waals surface area (Å²) in [7, 11) is 0. The molecule has 2 nitrogen and oxygen atoms in total. The van der Waals surface area contributed by atoms with Crippen LogP contribution >= 0.6 is 0 Å². The Labute approximate surface area is 94.0 Å². The van der Waals surface area contributed by atoms with E-state index in [1.165, 1.54) is 12.8 Å². The van der Waals surface area contributed by atoms with Gasteiger partial charge in [0.05, 0.1) is 18.8 Å². The van der Waals surface area contributed by atoms with Gasteiger partial charge in [0.1, 0.15) is 0 Å². The van der Waals surface area contributed by atoms with Crippen LogP contribution in [0.15, 0.2) is 0 Å². The summed E-state index contributed by atoms with van der Waals surface area (Å²) in [4.78, 5) is 0. The molecule has 2 heteroatoms. The molecule has 0 aromatic rings. The van der Waals surface area contributed by atoms with Crippen LogP contribution in [0.2, 0.25) is 0 Å². The Bertz CT molecular complexity index is 177. The van der Waals surface area contributed by atoms with Crippen LogP contribution in [0.1, 0.15) is 47.0 Å². The maximum absolute atomic E-state index is 9.25. The molecule has 1 fully saturated rings. The van der Waals surface area contributed by atoms with Crippen molar-refractivity contribution in [3.05, 3.63) is 0 Å². The van der Waals surface area contributed by atoms with Gasteiger partial charge in [-0.2, -0.15) is 0 Å². The van der Waals surface area contributed by atoms with Gasteiger partial charge in [0.2, 0.25) is 0 Å². The van der Waals surface area contributed by atoms with Gasteiger partial charge in [-0.25, -0.2) is 0 Å². The first kappa shape index (κ1) is 13.0. The lowest BCUT2D eigenvalue weighted by Crippen LogP contribution is -2.35. The smallest absolute Gasteiger partial charge is 0.0745 e. The lowest BCUT2D eigenvalue weighted by atomic mass is 9.75. The highest BCUT2D eigenvalue weighted by atomic mass is 16.5. The molecule has 0 aliphatic heterocycles. The fourth-order valence-electron chi connectivity index (χ4n) is 2.57. The molecule has 0 amide bonds. The number of rotatable bonds is 4. The number of hydrogen-bond acceptors (Lipinski definition) is 2. The molecule has 4 atom stereocenters. The van der Waals surface area contributed by atoms with Gasteiger partial charge in [0, 0.05) is 0 Å². The summed E-state index contributed by atoms with van der Waals surface area (Å²) in [5.41, 5.74) is 0. The highest BCUT2D eigenvalue weighted by Gasteiger charge is 2.31. The van der Waals surface area contributed by atoms with Gasteiger partial charge in [0.15, 0.2) is 0 Å². The van der Waals surface area contributed by atoms with Gasteiger partial charge in [-0.3, -0.25) is 0 Å². The van der Waals surface area contributed by atoms with E-state index in [0.717, 1.165) is 12.3 Å². The Hall–Kier alpha value is -0.0800. The summed E-state index contributed by atoms with van der Waals surface area (Å²) in [6.45, 7) is 9.13. The molecule has 0 bridgehead atoms. The van der Waals surface area contributed by atoms with Crippen LogP contribution in [0.4, 0.5) is 0 Å². The van der Waals surface area contributed by atoms with Gasteiger partial charge < -0.3 is 9.84 Å². The van der Waals surface area contributed by atoms with Crippen LogP contribution in [0.5, 0.6) is 0 Å². The zero-order valence-corrected chi connectivity index (χ0v) is 10.6. The molecular formula is C13H26O2. The van der Waals surface area contributed by atoms with Crippen molar-refractivity contribution in [2.75, 3.05) is 6.61 Å². The van der Waals surface area contributed by atoms with Gasteiger partial charge in [-0.1, -0.05) is 27.2 Å². The molecule has 1 aliphatic rings. The molecule has 1 saturated carbocycles. The van der Waals surface area contributed by atoms with Gasteiger partial charge in [0.25, 0.3) is 0 Å². The summed E-state index contributed by atoms with van der Waals surface area (Å²) in [6, 6.07) is 0. The van der Waals surface area contributed by atoms with Crippen LogP contribution in [-0.4, -0.2) is 23.9 Å². The standard InChI is InChI=1S/C13H26O2/c1-9(2)12-6-5-10(3)7-13(12)15-8-11(4)14/h9-14H,5-8H2,1-4H3/t10?,11?,12-,13+/m0/s1. The predicted molar refractivity (Wildman–Crippen MR) is 62.8 cm³/mol. The van der Waals surface area contributed by atoms with Crippen molar-refractivity contribution in [2.24, 2.45) is 17.8 Å². The molecule has 1 rings (SSSR count). The molecule has 0 heterocycles. The molecule has 15 heavy (non-hydrogen) atoms. The predicted octanol–water partition coefficient (Wildman–Crippen LogP) is 2.84. The average Bonchev–Trinajstić information content (AvgIpc) is 2.14. The third-order valence-corrected chi connectivity index (χ3v) is 3.51. The van der Waals surface area contributed by atoms with E-state index in [2.05, 4.69) is 20.8 Å². The van der Waals surface area contributed by atoms with E-state index >= 15 is 0 Å². The van der Waals surface area contributed by atoms with Crippen LogP contribution in [0, 0.1) is 17.8 Å². The summed E-state index contributed by atoms with van der Waals surface area (Å²) in [5.74, 6) is 2.15. The maximum atomic E-state index is 9.25. The first-order valence-electron chi connectivity index (χ1n) is 6.30. The van der Waals surface area contributed by atoms with Crippen molar-refractivity contribution in [3.63, 3.8) is 0 Å². The quantitative estimate of drug-likeness (QED) is 0.779. The SMILES string of the molecule is CC(O)CO[C@@H]1CC(C)CC[C@H]1C(C)C. The zero-order valence-electron chi connectivity index (χ0n) is 10.6. The normalized spacial score (nSPS) is 34.4. The van der Waals surface area contributed by atoms with E-state index in [9.17, 15) is 5.11 Å².